The number of ether oxygens (including phenoxy) is 4. The summed E-state index contributed by atoms with van der Waals surface area (Å²) in [5.74, 6) is 2.10. The van der Waals surface area contributed by atoms with Gasteiger partial charge in [0.05, 0.1) is 40.6 Å². The molecular weight excluding hydrogens is 332 g/mol. The van der Waals surface area contributed by atoms with Crippen LogP contribution < -0.4 is 14.2 Å². The van der Waals surface area contributed by atoms with E-state index < -0.39 is 0 Å². The van der Waals surface area contributed by atoms with Crippen molar-refractivity contribution in [3.8, 4) is 17.2 Å². The minimum atomic E-state index is -0.242. The third-order valence-electron chi connectivity index (χ3n) is 4.64. The molecule has 0 unspecified atom stereocenters. The lowest BCUT2D eigenvalue weighted by Gasteiger charge is -2.19. The molecule has 2 aromatic carbocycles. The minimum Gasteiger partial charge on any atom is -0.497 e. The Kier molecular flexibility index (Phi) is 5.81. The molecule has 2 atom stereocenters. The molecule has 0 bridgehead atoms. The average Bonchev–Trinajstić information content (AvgIpc) is 3.10. The normalized spacial score (nSPS) is 21.0. The van der Waals surface area contributed by atoms with E-state index >= 15 is 0 Å². The largest absolute Gasteiger partial charge is 0.497 e. The number of aliphatic hydroxyl groups is 1. The van der Waals surface area contributed by atoms with Gasteiger partial charge < -0.3 is 24.1 Å². The maximum atomic E-state index is 9.98. The fraction of sp³-hybridized carbons (Fsp3) is 0.333. The number of benzene rings is 2. The van der Waals surface area contributed by atoms with Crippen molar-refractivity contribution >= 4 is 6.08 Å². The van der Waals surface area contributed by atoms with Crippen LogP contribution in [0, 0.1) is 5.92 Å². The standard InChI is InChI=1S/C21H24O5/c1-23-17-6-4-14(5-7-17)8-16-13-26-21(20(16)12-22)15-9-18(24-2)11-19(10-15)25-3/h4-11,20-22H,12-13H2,1-3H3/b16-8+/t20-,21+/m0/s1. The topological polar surface area (TPSA) is 57.2 Å². The molecule has 1 aliphatic heterocycles. The Balaban J connectivity index is 1.88. The predicted octanol–water partition coefficient (Wildman–Crippen LogP) is 3.48. The summed E-state index contributed by atoms with van der Waals surface area (Å²) in [6.45, 7) is 0.480. The quantitative estimate of drug-likeness (QED) is 0.859. The summed E-state index contributed by atoms with van der Waals surface area (Å²) in [4.78, 5) is 0. The molecule has 26 heavy (non-hydrogen) atoms. The number of rotatable bonds is 6. The lowest BCUT2D eigenvalue weighted by atomic mass is 9.91. The summed E-state index contributed by atoms with van der Waals surface area (Å²) in [5.41, 5.74) is 3.04. The van der Waals surface area contributed by atoms with Crippen LogP contribution in [0.2, 0.25) is 0 Å². The highest BCUT2D eigenvalue weighted by Crippen LogP contribution is 2.41. The molecule has 5 nitrogen and oxygen atoms in total. The Labute approximate surface area is 153 Å². The van der Waals surface area contributed by atoms with Gasteiger partial charge in [0.1, 0.15) is 17.2 Å². The van der Waals surface area contributed by atoms with Gasteiger partial charge in [0.2, 0.25) is 0 Å². The molecule has 1 N–H and O–H groups in total. The van der Waals surface area contributed by atoms with Crippen molar-refractivity contribution in [3.63, 3.8) is 0 Å². The summed E-state index contributed by atoms with van der Waals surface area (Å²) < 4.78 is 21.9. The predicted molar refractivity (Wildman–Crippen MR) is 99.8 cm³/mol. The molecule has 0 radical (unpaired) electrons. The second kappa shape index (κ2) is 8.25. The third-order valence-corrected chi connectivity index (χ3v) is 4.64. The van der Waals surface area contributed by atoms with Gasteiger partial charge >= 0.3 is 0 Å². The molecule has 0 saturated carbocycles. The zero-order valence-corrected chi connectivity index (χ0v) is 15.3. The first kappa shape index (κ1) is 18.3. The number of hydrogen-bond acceptors (Lipinski definition) is 5. The zero-order valence-electron chi connectivity index (χ0n) is 15.3. The highest BCUT2D eigenvalue weighted by atomic mass is 16.5. The van der Waals surface area contributed by atoms with Gasteiger partial charge in [-0.3, -0.25) is 0 Å². The second-order valence-electron chi connectivity index (χ2n) is 6.16. The SMILES string of the molecule is COc1ccc(/C=C2\CO[C@H](c3cc(OC)cc(OC)c3)[C@H]2CO)cc1. The molecule has 2 aromatic rings. The minimum absolute atomic E-state index is 0.00613. The Morgan fingerprint density at radius 3 is 2.12 bits per heavy atom. The molecule has 3 rings (SSSR count). The van der Waals surface area contributed by atoms with Crippen LogP contribution >= 0.6 is 0 Å². The molecule has 0 amide bonds. The lowest BCUT2D eigenvalue weighted by molar-refractivity contribution is 0.0718. The van der Waals surface area contributed by atoms with Crippen molar-refractivity contribution in [3.05, 3.63) is 59.2 Å². The third kappa shape index (κ3) is 3.84. The van der Waals surface area contributed by atoms with Crippen molar-refractivity contribution in [2.24, 2.45) is 5.92 Å². The van der Waals surface area contributed by atoms with E-state index in [1.165, 1.54) is 0 Å². The Morgan fingerprint density at radius 2 is 1.58 bits per heavy atom. The maximum absolute atomic E-state index is 9.98. The van der Waals surface area contributed by atoms with Gasteiger partial charge in [0.25, 0.3) is 0 Å². The van der Waals surface area contributed by atoms with E-state index in [-0.39, 0.29) is 18.6 Å². The van der Waals surface area contributed by atoms with Gasteiger partial charge in [-0.15, -0.1) is 0 Å². The Hall–Kier alpha value is -2.50. The first-order chi connectivity index (χ1) is 12.7. The van der Waals surface area contributed by atoms with E-state index in [2.05, 4.69) is 6.08 Å². The van der Waals surface area contributed by atoms with E-state index in [4.69, 9.17) is 18.9 Å². The van der Waals surface area contributed by atoms with E-state index in [0.29, 0.717) is 18.1 Å². The first-order valence-electron chi connectivity index (χ1n) is 8.48. The van der Waals surface area contributed by atoms with E-state index in [0.717, 1.165) is 22.4 Å². The van der Waals surface area contributed by atoms with E-state index in [9.17, 15) is 5.11 Å². The fourth-order valence-corrected chi connectivity index (χ4v) is 3.20. The fourth-order valence-electron chi connectivity index (χ4n) is 3.20. The summed E-state index contributed by atoms with van der Waals surface area (Å²) >= 11 is 0. The molecule has 0 aliphatic carbocycles. The summed E-state index contributed by atoms with van der Waals surface area (Å²) in [6, 6.07) is 13.5. The van der Waals surface area contributed by atoms with Gasteiger partial charge in [-0.1, -0.05) is 18.2 Å². The van der Waals surface area contributed by atoms with Gasteiger partial charge in [-0.25, -0.2) is 0 Å². The van der Waals surface area contributed by atoms with Crippen molar-refractivity contribution in [2.45, 2.75) is 6.10 Å². The van der Waals surface area contributed by atoms with Crippen LogP contribution in [0.3, 0.4) is 0 Å². The Bertz CT molecular complexity index is 744. The molecule has 0 aromatic heterocycles. The summed E-state index contributed by atoms with van der Waals surface area (Å²) in [5, 5.41) is 9.98. The van der Waals surface area contributed by atoms with Crippen molar-refractivity contribution in [1.82, 2.24) is 0 Å². The van der Waals surface area contributed by atoms with Gasteiger partial charge in [-0.05, 0) is 41.0 Å². The van der Waals surface area contributed by atoms with E-state index in [1.807, 2.05) is 42.5 Å². The van der Waals surface area contributed by atoms with Crippen molar-refractivity contribution in [2.75, 3.05) is 34.5 Å². The Morgan fingerprint density at radius 1 is 0.962 bits per heavy atom. The monoisotopic (exact) mass is 356 g/mol. The van der Waals surface area contributed by atoms with Crippen LogP contribution in [0.4, 0.5) is 0 Å². The number of methoxy groups -OCH3 is 3. The second-order valence-corrected chi connectivity index (χ2v) is 6.16. The lowest BCUT2D eigenvalue weighted by Crippen LogP contribution is -2.13. The van der Waals surface area contributed by atoms with Crippen molar-refractivity contribution in [1.29, 1.82) is 0 Å². The van der Waals surface area contributed by atoms with Crippen LogP contribution in [-0.4, -0.2) is 39.6 Å². The smallest absolute Gasteiger partial charge is 0.122 e. The molecule has 5 heteroatoms. The molecular formula is C21H24O5. The zero-order chi connectivity index (χ0) is 18.5. The highest BCUT2D eigenvalue weighted by Gasteiger charge is 2.33. The maximum Gasteiger partial charge on any atom is 0.122 e. The van der Waals surface area contributed by atoms with Crippen LogP contribution in [0.5, 0.6) is 17.2 Å². The van der Waals surface area contributed by atoms with Crippen LogP contribution in [-0.2, 0) is 4.74 Å². The molecule has 138 valence electrons. The summed E-state index contributed by atoms with van der Waals surface area (Å²) in [6.07, 6.45) is 1.83. The van der Waals surface area contributed by atoms with Crippen molar-refractivity contribution < 1.29 is 24.1 Å². The van der Waals surface area contributed by atoms with Crippen LogP contribution in [0.1, 0.15) is 17.2 Å². The molecule has 1 heterocycles. The number of hydrogen-bond donors (Lipinski definition) is 1. The van der Waals surface area contributed by atoms with Crippen LogP contribution in [0.15, 0.2) is 48.0 Å². The summed E-state index contributed by atoms with van der Waals surface area (Å²) in [7, 11) is 4.88. The average molecular weight is 356 g/mol. The molecule has 1 saturated heterocycles. The van der Waals surface area contributed by atoms with Gasteiger partial charge in [-0.2, -0.15) is 0 Å². The molecule has 0 spiro atoms. The van der Waals surface area contributed by atoms with Gasteiger partial charge in [0, 0.05) is 12.0 Å². The van der Waals surface area contributed by atoms with E-state index in [1.54, 1.807) is 21.3 Å². The molecule has 1 fully saturated rings. The molecule has 1 aliphatic rings. The first-order valence-corrected chi connectivity index (χ1v) is 8.48. The van der Waals surface area contributed by atoms with Gasteiger partial charge in [0.15, 0.2) is 0 Å². The number of aliphatic hydroxyl groups excluding tert-OH is 1. The van der Waals surface area contributed by atoms with Crippen LogP contribution in [0.25, 0.3) is 6.08 Å². The highest BCUT2D eigenvalue weighted by molar-refractivity contribution is 5.56.